The normalized spacial score (nSPS) is 17.0. The number of sulfonamides is 1. The molecule has 0 atom stereocenters. The van der Waals surface area contributed by atoms with Gasteiger partial charge in [-0.2, -0.15) is 11.8 Å². The first-order valence-corrected chi connectivity index (χ1v) is 11.5. The molecule has 1 heterocycles. The molecule has 0 aromatic heterocycles. The summed E-state index contributed by atoms with van der Waals surface area (Å²) >= 11 is 1.53. The van der Waals surface area contributed by atoms with Gasteiger partial charge in [0, 0.05) is 19.1 Å². The first kappa shape index (κ1) is 22.2. The van der Waals surface area contributed by atoms with E-state index in [2.05, 4.69) is 13.8 Å². The summed E-state index contributed by atoms with van der Waals surface area (Å²) in [6.07, 6.45) is 1.98. The lowest BCUT2D eigenvalue weighted by molar-refractivity contribution is -0.145. The van der Waals surface area contributed by atoms with Crippen molar-refractivity contribution in [3.8, 4) is 0 Å². The highest BCUT2D eigenvalue weighted by Gasteiger charge is 2.32. The second-order valence-electron chi connectivity index (χ2n) is 6.68. The van der Waals surface area contributed by atoms with Gasteiger partial charge in [0.15, 0.2) is 0 Å². The molecule has 146 valence electrons. The first-order chi connectivity index (χ1) is 11.7. The summed E-state index contributed by atoms with van der Waals surface area (Å²) in [5.41, 5.74) is 0. The van der Waals surface area contributed by atoms with Crippen LogP contribution in [0.3, 0.4) is 0 Å². The second kappa shape index (κ2) is 10.4. The Balaban J connectivity index is 2.61. The molecule has 0 aromatic rings. The van der Waals surface area contributed by atoms with Crippen molar-refractivity contribution in [1.29, 1.82) is 0 Å². The first-order valence-electron chi connectivity index (χ1n) is 8.74. The highest BCUT2D eigenvalue weighted by Crippen LogP contribution is 2.20. The molecule has 9 heteroatoms. The number of thioether (sulfide) groups is 1. The number of amides is 1. The molecule has 0 saturated carbocycles. The van der Waals surface area contributed by atoms with Crippen LogP contribution in [0.15, 0.2) is 0 Å². The molecule has 25 heavy (non-hydrogen) atoms. The van der Waals surface area contributed by atoms with Crippen LogP contribution in [-0.2, 0) is 19.6 Å². The molecule has 7 nitrogen and oxygen atoms in total. The summed E-state index contributed by atoms with van der Waals surface area (Å²) in [6, 6.07) is -0.211. The quantitative estimate of drug-likeness (QED) is 0.564. The maximum atomic E-state index is 12.5. The molecule has 0 unspecified atom stereocenters. The Morgan fingerprint density at radius 1 is 1.28 bits per heavy atom. The van der Waals surface area contributed by atoms with Gasteiger partial charge < -0.3 is 10.0 Å². The Morgan fingerprint density at radius 2 is 1.88 bits per heavy atom. The minimum absolute atomic E-state index is 0.0575. The molecule has 1 N–H and O–H groups in total. The van der Waals surface area contributed by atoms with Crippen molar-refractivity contribution in [2.24, 2.45) is 5.92 Å². The van der Waals surface area contributed by atoms with Crippen LogP contribution in [0.5, 0.6) is 0 Å². The van der Waals surface area contributed by atoms with E-state index in [0.29, 0.717) is 31.8 Å². The minimum Gasteiger partial charge on any atom is -0.480 e. The van der Waals surface area contributed by atoms with Crippen LogP contribution >= 0.6 is 11.8 Å². The second-order valence-corrected chi connectivity index (χ2v) is 10.0. The number of carbonyl (C=O) groups is 2. The van der Waals surface area contributed by atoms with E-state index in [9.17, 15) is 18.0 Å². The Labute approximate surface area is 155 Å². The van der Waals surface area contributed by atoms with E-state index in [0.717, 1.165) is 12.2 Å². The highest BCUT2D eigenvalue weighted by molar-refractivity contribution is 7.99. The lowest BCUT2D eigenvalue weighted by atomic mass is 10.0. The minimum atomic E-state index is -3.23. The molecule has 0 spiro atoms. The van der Waals surface area contributed by atoms with Gasteiger partial charge in [-0.15, -0.1) is 0 Å². The van der Waals surface area contributed by atoms with Gasteiger partial charge in [0.1, 0.15) is 6.54 Å². The van der Waals surface area contributed by atoms with Crippen molar-refractivity contribution in [3.05, 3.63) is 0 Å². The lowest BCUT2D eigenvalue weighted by Gasteiger charge is -2.37. The summed E-state index contributed by atoms with van der Waals surface area (Å²) in [6.45, 7) is 6.20. The van der Waals surface area contributed by atoms with Gasteiger partial charge in [-0.25, -0.2) is 12.7 Å². The van der Waals surface area contributed by atoms with Gasteiger partial charge in [0.05, 0.1) is 11.5 Å². The van der Waals surface area contributed by atoms with Crippen LogP contribution in [0, 0.1) is 5.92 Å². The fraction of sp³-hybridized carbons (Fsp3) is 0.875. The highest BCUT2D eigenvalue weighted by atomic mass is 32.2. The third-order valence-electron chi connectivity index (χ3n) is 4.31. The van der Waals surface area contributed by atoms with Crippen LogP contribution in [0.25, 0.3) is 0 Å². The molecule has 1 aliphatic heterocycles. The summed E-state index contributed by atoms with van der Waals surface area (Å²) in [5.74, 6) is 0.562. The van der Waals surface area contributed by atoms with Crippen molar-refractivity contribution >= 4 is 33.7 Å². The van der Waals surface area contributed by atoms with E-state index in [1.54, 1.807) is 6.92 Å². The SMILES string of the molecule is CCS(=O)(=O)N1CCC(N(CC(=O)O)C(=O)CSCCC(C)C)CC1. The predicted molar refractivity (Wildman–Crippen MR) is 100 cm³/mol. The van der Waals surface area contributed by atoms with Crippen molar-refractivity contribution in [2.75, 3.05) is 36.9 Å². The smallest absolute Gasteiger partial charge is 0.323 e. The number of carboxylic acids is 1. The molecule has 1 fully saturated rings. The number of piperidine rings is 1. The van der Waals surface area contributed by atoms with Crippen molar-refractivity contribution in [2.45, 2.75) is 46.1 Å². The number of aliphatic carboxylic acids is 1. The average Bonchev–Trinajstić information content (AvgIpc) is 2.56. The number of hydrogen-bond donors (Lipinski definition) is 1. The van der Waals surface area contributed by atoms with Crippen LogP contribution in [-0.4, -0.2) is 77.5 Å². The topological polar surface area (TPSA) is 95.0 Å². The number of nitrogens with zero attached hydrogens (tertiary/aromatic N) is 2. The standard InChI is InChI=1S/C16H30N2O5S2/c1-4-25(22,23)17-8-5-14(6-9-17)18(11-16(20)21)15(19)12-24-10-7-13(2)3/h13-14H,4-12H2,1-3H3,(H,20,21). The molecular formula is C16H30N2O5S2. The van der Waals surface area contributed by atoms with E-state index < -0.39 is 16.0 Å². The number of rotatable bonds is 10. The molecule has 1 saturated heterocycles. The van der Waals surface area contributed by atoms with Crippen LogP contribution in [0.2, 0.25) is 0 Å². The van der Waals surface area contributed by atoms with Gasteiger partial charge in [-0.3, -0.25) is 9.59 Å². The molecule has 0 aromatic carbocycles. The fourth-order valence-corrected chi connectivity index (χ4v) is 5.00. The van der Waals surface area contributed by atoms with E-state index in [1.165, 1.54) is 21.0 Å². The Bertz CT molecular complexity index is 543. The molecule has 0 radical (unpaired) electrons. The van der Waals surface area contributed by atoms with Gasteiger partial charge in [-0.05, 0) is 37.9 Å². The maximum absolute atomic E-state index is 12.5. The fourth-order valence-electron chi connectivity index (χ4n) is 2.74. The maximum Gasteiger partial charge on any atom is 0.323 e. The summed E-state index contributed by atoms with van der Waals surface area (Å²) in [7, 11) is -3.23. The van der Waals surface area contributed by atoms with Crippen LogP contribution in [0.1, 0.15) is 40.0 Å². The van der Waals surface area contributed by atoms with Crippen molar-refractivity contribution in [3.63, 3.8) is 0 Å². The average molecular weight is 395 g/mol. The zero-order valence-corrected chi connectivity index (χ0v) is 16.9. The van der Waals surface area contributed by atoms with Crippen LogP contribution < -0.4 is 0 Å². The molecule has 0 bridgehead atoms. The largest absolute Gasteiger partial charge is 0.480 e. The molecule has 1 amide bonds. The number of hydrogen-bond acceptors (Lipinski definition) is 5. The zero-order chi connectivity index (χ0) is 19.0. The Morgan fingerprint density at radius 3 is 2.36 bits per heavy atom. The third-order valence-corrected chi connectivity index (χ3v) is 7.17. The number of carboxylic acid groups (broad SMARTS) is 1. The Kier molecular flexibility index (Phi) is 9.23. The van der Waals surface area contributed by atoms with Gasteiger partial charge in [0.2, 0.25) is 15.9 Å². The Hall–Kier alpha value is -0.800. The van der Waals surface area contributed by atoms with Crippen molar-refractivity contribution in [1.82, 2.24) is 9.21 Å². The summed E-state index contributed by atoms with van der Waals surface area (Å²) in [4.78, 5) is 25.0. The van der Waals surface area contributed by atoms with Crippen LogP contribution in [0.4, 0.5) is 0 Å². The lowest BCUT2D eigenvalue weighted by Crippen LogP contribution is -2.51. The van der Waals surface area contributed by atoms with E-state index in [4.69, 9.17) is 5.11 Å². The van der Waals surface area contributed by atoms with Gasteiger partial charge in [0.25, 0.3) is 0 Å². The van der Waals surface area contributed by atoms with E-state index in [-0.39, 0.29) is 30.0 Å². The molecule has 1 aliphatic rings. The monoisotopic (exact) mass is 394 g/mol. The van der Waals surface area contributed by atoms with E-state index >= 15 is 0 Å². The van der Waals surface area contributed by atoms with Gasteiger partial charge in [-0.1, -0.05) is 13.8 Å². The molecule has 0 aliphatic carbocycles. The number of carbonyl (C=O) groups excluding carboxylic acids is 1. The summed E-state index contributed by atoms with van der Waals surface area (Å²) in [5, 5.41) is 9.12. The molecular weight excluding hydrogens is 364 g/mol. The van der Waals surface area contributed by atoms with Gasteiger partial charge >= 0.3 is 5.97 Å². The predicted octanol–water partition coefficient (Wildman–Crippen LogP) is 1.49. The van der Waals surface area contributed by atoms with Crippen molar-refractivity contribution < 1.29 is 23.1 Å². The molecule has 1 rings (SSSR count). The summed E-state index contributed by atoms with van der Waals surface area (Å²) < 4.78 is 25.3. The third kappa shape index (κ3) is 7.53. The van der Waals surface area contributed by atoms with E-state index in [1.807, 2.05) is 0 Å². The zero-order valence-electron chi connectivity index (χ0n) is 15.3.